The van der Waals surface area contributed by atoms with Gasteiger partial charge < -0.3 is 0 Å². The van der Waals surface area contributed by atoms with E-state index in [1.807, 2.05) is 11.8 Å². The number of hydrogen-bond acceptors (Lipinski definition) is 3. The maximum absolute atomic E-state index is 12.1. The molecule has 100 valence electrons. The summed E-state index contributed by atoms with van der Waals surface area (Å²) < 4.78 is 27.8. The van der Waals surface area contributed by atoms with Gasteiger partial charge in [-0.05, 0) is 49.8 Å². The van der Waals surface area contributed by atoms with E-state index in [1.54, 1.807) is 24.3 Å². The van der Waals surface area contributed by atoms with Gasteiger partial charge in [0.1, 0.15) is 0 Å². The molecular formula is C12H16BrNO2S2. The molecule has 0 spiro atoms. The van der Waals surface area contributed by atoms with Crippen molar-refractivity contribution in [2.24, 2.45) is 0 Å². The van der Waals surface area contributed by atoms with E-state index in [2.05, 4.69) is 27.6 Å². The molecule has 0 aliphatic carbocycles. The maximum atomic E-state index is 12.1. The molecule has 1 heterocycles. The van der Waals surface area contributed by atoms with E-state index < -0.39 is 10.0 Å². The second-order valence-electron chi connectivity index (χ2n) is 4.68. The van der Waals surface area contributed by atoms with E-state index in [0.717, 1.165) is 16.6 Å². The van der Waals surface area contributed by atoms with E-state index >= 15 is 0 Å². The van der Waals surface area contributed by atoms with Crippen LogP contribution in [0.2, 0.25) is 0 Å². The number of rotatable bonds is 4. The average molecular weight is 350 g/mol. The Morgan fingerprint density at radius 3 is 2.61 bits per heavy atom. The predicted molar refractivity (Wildman–Crippen MR) is 79.4 cm³/mol. The monoisotopic (exact) mass is 349 g/mol. The Kier molecular flexibility index (Phi) is 4.41. The average Bonchev–Trinajstić information content (AvgIpc) is 2.75. The van der Waals surface area contributed by atoms with Crippen molar-refractivity contribution in [3.05, 3.63) is 28.7 Å². The molecule has 1 fully saturated rings. The van der Waals surface area contributed by atoms with Crippen LogP contribution in [0.25, 0.3) is 0 Å². The minimum atomic E-state index is -3.39. The van der Waals surface area contributed by atoms with Gasteiger partial charge in [-0.2, -0.15) is 11.8 Å². The quantitative estimate of drug-likeness (QED) is 0.908. The summed E-state index contributed by atoms with van der Waals surface area (Å²) in [5.74, 6) is 1.12. The van der Waals surface area contributed by atoms with Crippen molar-refractivity contribution in [2.45, 2.75) is 29.4 Å². The highest BCUT2D eigenvalue weighted by Gasteiger charge is 2.31. The lowest BCUT2D eigenvalue weighted by atomic mass is 10.1. The van der Waals surface area contributed by atoms with Gasteiger partial charge in [0.05, 0.1) is 4.90 Å². The van der Waals surface area contributed by atoms with Gasteiger partial charge in [-0.3, -0.25) is 0 Å². The van der Waals surface area contributed by atoms with Crippen LogP contribution in [-0.4, -0.2) is 25.5 Å². The van der Waals surface area contributed by atoms with Gasteiger partial charge in [0.2, 0.25) is 10.0 Å². The van der Waals surface area contributed by atoms with E-state index in [9.17, 15) is 8.42 Å². The molecule has 2 rings (SSSR count). The van der Waals surface area contributed by atoms with Crippen LogP contribution in [0.5, 0.6) is 0 Å². The summed E-state index contributed by atoms with van der Waals surface area (Å²) in [5, 5.41) is 0. The van der Waals surface area contributed by atoms with Gasteiger partial charge in [0, 0.05) is 15.8 Å². The lowest BCUT2D eigenvalue weighted by Crippen LogP contribution is -2.36. The van der Waals surface area contributed by atoms with Crippen LogP contribution in [0.15, 0.2) is 33.6 Å². The molecule has 1 aromatic carbocycles. The van der Waals surface area contributed by atoms with Crippen LogP contribution in [0.1, 0.15) is 19.8 Å². The molecule has 1 saturated heterocycles. The number of benzene rings is 1. The Morgan fingerprint density at radius 2 is 2.06 bits per heavy atom. The molecule has 18 heavy (non-hydrogen) atoms. The third kappa shape index (κ3) is 3.50. The van der Waals surface area contributed by atoms with E-state index in [1.165, 1.54) is 6.42 Å². The topological polar surface area (TPSA) is 46.2 Å². The van der Waals surface area contributed by atoms with Crippen molar-refractivity contribution in [1.29, 1.82) is 0 Å². The van der Waals surface area contributed by atoms with Gasteiger partial charge >= 0.3 is 0 Å². The molecule has 1 aliphatic heterocycles. The van der Waals surface area contributed by atoms with Crippen molar-refractivity contribution in [1.82, 2.24) is 4.72 Å². The van der Waals surface area contributed by atoms with E-state index in [0.29, 0.717) is 11.4 Å². The van der Waals surface area contributed by atoms with Gasteiger partial charge in [0.25, 0.3) is 0 Å². The molecule has 1 aliphatic rings. The summed E-state index contributed by atoms with van der Waals surface area (Å²) >= 11 is 5.14. The Hall–Kier alpha value is -0.0400. The first kappa shape index (κ1) is 14.4. The lowest BCUT2D eigenvalue weighted by molar-refractivity contribution is 0.552. The highest BCUT2D eigenvalue weighted by Crippen LogP contribution is 2.37. The van der Waals surface area contributed by atoms with Crippen LogP contribution >= 0.6 is 27.7 Å². The van der Waals surface area contributed by atoms with Gasteiger partial charge in [-0.25, -0.2) is 13.1 Å². The van der Waals surface area contributed by atoms with Crippen LogP contribution in [0, 0.1) is 0 Å². The summed E-state index contributed by atoms with van der Waals surface area (Å²) in [6.45, 7) is 2.62. The fraction of sp³-hybridized carbons (Fsp3) is 0.500. The van der Waals surface area contributed by atoms with Gasteiger partial charge in [-0.15, -0.1) is 0 Å². The van der Waals surface area contributed by atoms with Crippen molar-refractivity contribution in [3.63, 3.8) is 0 Å². The first-order valence-electron chi connectivity index (χ1n) is 5.81. The second kappa shape index (κ2) is 5.53. The Bertz CT molecular complexity index is 507. The molecule has 1 aromatic rings. The summed E-state index contributed by atoms with van der Waals surface area (Å²) in [7, 11) is -3.39. The van der Waals surface area contributed by atoms with Gasteiger partial charge in [0.15, 0.2) is 0 Å². The standard InChI is InChI=1S/C12H16BrNO2S2/c1-12(7-2-8-17-12)9-14-18(15,16)11-5-3-10(13)4-6-11/h3-6,14H,2,7-9H2,1H3. The molecule has 0 aromatic heterocycles. The van der Waals surface area contributed by atoms with Crippen LogP contribution in [0.3, 0.4) is 0 Å². The lowest BCUT2D eigenvalue weighted by Gasteiger charge is -2.22. The van der Waals surface area contributed by atoms with Crippen LogP contribution < -0.4 is 4.72 Å². The van der Waals surface area contributed by atoms with Gasteiger partial charge in [-0.1, -0.05) is 15.9 Å². The number of hydrogen-bond donors (Lipinski definition) is 1. The summed E-state index contributed by atoms with van der Waals surface area (Å²) in [6.07, 6.45) is 2.24. The van der Waals surface area contributed by atoms with Crippen molar-refractivity contribution in [3.8, 4) is 0 Å². The number of thioether (sulfide) groups is 1. The highest BCUT2D eigenvalue weighted by atomic mass is 79.9. The molecular weight excluding hydrogens is 334 g/mol. The molecule has 1 N–H and O–H groups in total. The SMILES string of the molecule is CC1(CNS(=O)(=O)c2ccc(Br)cc2)CCCS1. The van der Waals surface area contributed by atoms with E-state index in [-0.39, 0.29) is 4.75 Å². The molecule has 0 amide bonds. The Morgan fingerprint density at radius 1 is 1.39 bits per heavy atom. The smallest absolute Gasteiger partial charge is 0.210 e. The highest BCUT2D eigenvalue weighted by molar-refractivity contribution is 9.10. The molecule has 0 saturated carbocycles. The second-order valence-corrected chi connectivity index (χ2v) is 9.05. The minimum Gasteiger partial charge on any atom is -0.210 e. The number of nitrogens with one attached hydrogen (secondary N) is 1. The minimum absolute atomic E-state index is 0.0441. The predicted octanol–water partition coefficient (Wildman–Crippen LogP) is 3.01. The molecule has 0 bridgehead atoms. The Balaban J connectivity index is 2.05. The molecule has 1 unspecified atom stereocenters. The third-order valence-electron chi connectivity index (χ3n) is 3.06. The zero-order valence-corrected chi connectivity index (χ0v) is 13.4. The summed E-state index contributed by atoms with van der Waals surface area (Å²) in [4.78, 5) is 0.317. The fourth-order valence-corrected chi connectivity index (χ4v) is 4.69. The molecule has 0 radical (unpaired) electrons. The van der Waals surface area contributed by atoms with Crippen molar-refractivity contribution >= 4 is 37.7 Å². The van der Waals surface area contributed by atoms with Crippen LogP contribution in [-0.2, 0) is 10.0 Å². The fourth-order valence-electron chi connectivity index (χ4n) is 1.92. The first-order valence-corrected chi connectivity index (χ1v) is 9.07. The largest absolute Gasteiger partial charge is 0.240 e. The molecule has 3 nitrogen and oxygen atoms in total. The van der Waals surface area contributed by atoms with E-state index in [4.69, 9.17) is 0 Å². The van der Waals surface area contributed by atoms with Crippen LogP contribution in [0.4, 0.5) is 0 Å². The molecule has 1 atom stereocenters. The number of halogens is 1. The first-order chi connectivity index (χ1) is 8.41. The van der Waals surface area contributed by atoms with Crippen molar-refractivity contribution < 1.29 is 8.42 Å². The zero-order valence-electron chi connectivity index (χ0n) is 10.1. The molecule has 6 heteroatoms. The van der Waals surface area contributed by atoms with Crippen molar-refractivity contribution in [2.75, 3.05) is 12.3 Å². The maximum Gasteiger partial charge on any atom is 0.240 e. The Labute approximate surface area is 121 Å². The zero-order chi connectivity index (χ0) is 13.2. The normalized spacial score (nSPS) is 24.3. The summed E-state index contributed by atoms with van der Waals surface area (Å²) in [6, 6.07) is 6.69. The summed E-state index contributed by atoms with van der Waals surface area (Å²) in [5.41, 5.74) is 0. The third-order valence-corrected chi connectivity index (χ3v) is 6.54. The number of sulfonamides is 1.